The first-order valence-corrected chi connectivity index (χ1v) is 7.56. The number of carbonyl (C=O) groups excluding carboxylic acids is 1. The van der Waals surface area contributed by atoms with Crippen molar-refractivity contribution in [2.45, 2.75) is 25.3 Å². The Labute approximate surface area is 129 Å². The van der Waals surface area contributed by atoms with Gasteiger partial charge in [-0.3, -0.25) is 4.79 Å². The molecule has 0 aromatic heterocycles. The Kier molecular flexibility index (Phi) is 6.29. The summed E-state index contributed by atoms with van der Waals surface area (Å²) in [5.74, 6) is 0.496. The van der Waals surface area contributed by atoms with Crippen LogP contribution in [0, 0.1) is 0 Å². The minimum Gasteiger partial charge on any atom is -0.483 e. The van der Waals surface area contributed by atoms with E-state index in [9.17, 15) is 4.79 Å². The normalized spacial score (nSPS) is 15.7. The quantitative estimate of drug-likeness (QED) is 0.835. The average Bonchev–Trinajstić information content (AvgIpc) is 2.49. The standard InChI is InChI=1S/C15H21ClN2O3/c16-13-2-1-3-14(12(13)4-7-17)21-10-15(19)18-11-5-8-20-9-6-11/h1-3,11H,4-10,17H2,(H,18,19). The monoisotopic (exact) mass is 312 g/mol. The van der Waals surface area contributed by atoms with E-state index in [1.807, 2.05) is 0 Å². The molecule has 0 saturated carbocycles. The van der Waals surface area contributed by atoms with E-state index in [1.165, 1.54) is 0 Å². The van der Waals surface area contributed by atoms with E-state index >= 15 is 0 Å². The third kappa shape index (κ3) is 4.88. The molecule has 0 bridgehead atoms. The molecule has 6 heteroatoms. The highest BCUT2D eigenvalue weighted by Gasteiger charge is 2.16. The van der Waals surface area contributed by atoms with Crippen LogP contribution in [0.2, 0.25) is 5.02 Å². The van der Waals surface area contributed by atoms with Gasteiger partial charge in [-0.25, -0.2) is 0 Å². The molecule has 116 valence electrons. The summed E-state index contributed by atoms with van der Waals surface area (Å²) in [5.41, 5.74) is 6.42. The maximum atomic E-state index is 11.9. The average molecular weight is 313 g/mol. The lowest BCUT2D eigenvalue weighted by molar-refractivity contribution is -0.124. The highest BCUT2D eigenvalue weighted by atomic mass is 35.5. The summed E-state index contributed by atoms with van der Waals surface area (Å²) in [4.78, 5) is 11.9. The van der Waals surface area contributed by atoms with Gasteiger partial charge in [-0.05, 0) is 37.9 Å². The molecule has 0 aliphatic carbocycles. The number of halogens is 1. The van der Waals surface area contributed by atoms with Gasteiger partial charge >= 0.3 is 0 Å². The van der Waals surface area contributed by atoms with Crippen LogP contribution >= 0.6 is 11.6 Å². The lowest BCUT2D eigenvalue weighted by Gasteiger charge is -2.23. The number of nitrogens with one attached hydrogen (secondary N) is 1. The second kappa shape index (κ2) is 8.22. The number of benzene rings is 1. The Morgan fingerprint density at radius 3 is 2.90 bits per heavy atom. The van der Waals surface area contributed by atoms with Gasteiger partial charge in [0.25, 0.3) is 5.91 Å². The summed E-state index contributed by atoms with van der Waals surface area (Å²) >= 11 is 6.13. The number of nitrogens with two attached hydrogens (primary N) is 1. The van der Waals surface area contributed by atoms with E-state index in [-0.39, 0.29) is 18.6 Å². The van der Waals surface area contributed by atoms with Crippen LogP contribution in [0.4, 0.5) is 0 Å². The molecule has 0 atom stereocenters. The number of carbonyl (C=O) groups is 1. The minimum absolute atomic E-state index is 0.0186. The molecule has 2 rings (SSSR count). The van der Waals surface area contributed by atoms with Crippen molar-refractivity contribution in [3.8, 4) is 5.75 Å². The van der Waals surface area contributed by atoms with Crippen molar-refractivity contribution in [2.75, 3.05) is 26.4 Å². The van der Waals surface area contributed by atoms with Crippen LogP contribution in [-0.2, 0) is 16.0 Å². The maximum Gasteiger partial charge on any atom is 0.258 e. The van der Waals surface area contributed by atoms with E-state index in [4.69, 9.17) is 26.8 Å². The summed E-state index contributed by atoms with van der Waals surface area (Å²) < 4.78 is 10.8. The zero-order chi connectivity index (χ0) is 15.1. The second-order valence-electron chi connectivity index (χ2n) is 5.00. The Balaban J connectivity index is 1.87. The van der Waals surface area contributed by atoms with Crippen LogP contribution in [-0.4, -0.2) is 38.3 Å². The molecule has 0 unspecified atom stereocenters. The van der Waals surface area contributed by atoms with Crippen molar-refractivity contribution in [2.24, 2.45) is 5.73 Å². The summed E-state index contributed by atoms with van der Waals surface area (Å²) in [6, 6.07) is 5.58. The molecule has 1 aliphatic rings. The summed E-state index contributed by atoms with van der Waals surface area (Å²) in [6.45, 7) is 1.85. The van der Waals surface area contributed by atoms with Crippen LogP contribution in [0.15, 0.2) is 18.2 Å². The molecule has 1 aromatic carbocycles. The molecular formula is C15H21ClN2O3. The van der Waals surface area contributed by atoms with E-state index in [1.54, 1.807) is 18.2 Å². The molecule has 0 spiro atoms. The Morgan fingerprint density at radius 2 is 2.19 bits per heavy atom. The minimum atomic E-state index is -0.124. The molecule has 1 aliphatic heterocycles. The zero-order valence-electron chi connectivity index (χ0n) is 11.9. The molecule has 5 nitrogen and oxygen atoms in total. The lowest BCUT2D eigenvalue weighted by Crippen LogP contribution is -2.41. The predicted octanol–water partition coefficient (Wildman–Crippen LogP) is 1.52. The smallest absolute Gasteiger partial charge is 0.258 e. The predicted molar refractivity (Wildman–Crippen MR) is 81.7 cm³/mol. The molecule has 1 amide bonds. The largest absolute Gasteiger partial charge is 0.483 e. The maximum absolute atomic E-state index is 11.9. The van der Waals surface area contributed by atoms with Gasteiger partial charge in [-0.1, -0.05) is 17.7 Å². The number of hydrogen-bond donors (Lipinski definition) is 2. The number of rotatable bonds is 6. The van der Waals surface area contributed by atoms with Crippen LogP contribution in [0.25, 0.3) is 0 Å². The first-order chi connectivity index (χ1) is 10.2. The van der Waals surface area contributed by atoms with Gasteiger partial charge in [0, 0.05) is 29.8 Å². The van der Waals surface area contributed by atoms with Gasteiger partial charge in [0.05, 0.1) is 0 Å². The Morgan fingerprint density at radius 1 is 1.43 bits per heavy atom. The fourth-order valence-electron chi connectivity index (χ4n) is 2.32. The van der Waals surface area contributed by atoms with Crippen molar-refractivity contribution < 1.29 is 14.3 Å². The molecule has 3 N–H and O–H groups in total. The molecule has 1 saturated heterocycles. The van der Waals surface area contributed by atoms with Gasteiger partial charge in [0.1, 0.15) is 5.75 Å². The second-order valence-corrected chi connectivity index (χ2v) is 5.41. The molecule has 0 radical (unpaired) electrons. The summed E-state index contributed by atoms with van der Waals surface area (Å²) in [6.07, 6.45) is 2.32. The van der Waals surface area contributed by atoms with Crippen molar-refractivity contribution in [1.82, 2.24) is 5.32 Å². The molecule has 1 fully saturated rings. The van der Waals surface area contributed by atoms with Gasteiger partial charge in [-0.2, -0.15) is 0 Å². The number of amides is 1. The van der Waals surface area contributed by atoms with Crippen molar-refractivity contribution >= 4 is 17.5 Å². The SMILES string of the molecule is NCCc1c(Cl)cccc1OCC(=O)NC1CCOCC1. The van der Waals surface area contributed by atoms with Gasteiger partial charge in [0.15, 0.2) is 6.61 Å². The van der Waals surface area contributed by atoms with Crippen molar-refractivity contribution in [3.63, 3.8) is 0 Å². The van der Waals surface area contributed by atoms with E-state index in [0.717, 1.165) is 18.4 Å². The van der Waals surface area contributed by atoms with Crippen molar-refractivity contribution in [1.29, 1.82) is 0 Å². The molecular weight excluding hydrogens is 292 g/mol. The molecule has 1 aromatic rings. The lowest BCUT2D eigenvalue weighted by atomic mass is 10.1. The zero-order valence-corrected chi connectivity index (χ0v) is 12.7. The highest BCUT2D eigenvalue weighted by molar-refractivity contribution is 6.31. The van der Waals surface area contributed by atoms with Gasteiger partial charge in [-0.15, -0.1) is 0 Å². The van der Waals surface area contributed by atoms with Crippen molar-refractivity contribution in [3.05, 3.63) is 28.8 Å². The van der Waals surface area contributed by atoms with Gasteiger partial charge < -0.3 is 20.5 Å². The third-order valence-electron chi connectivity index (χ3n) is 3.42. The summed E-state index contributed by atoms with van der Waals surface area (Å²) in [5, 5.41) is 3.57. The van der Waals surface area contributed by atoms with E-state index in [2.05, 4.69) is 5.32 Å². The van der Waals surface area contributed by atoms with Crippen LogP contribution < -0.4 is 15.8 Å². The van der Waals surface area contributed by atoms with E-state index < -0.39 is 0 Å². The first-order valence-electron chi connectivity index (χ1n) is 7.18. The first kappa shape index (κ1) is 16.1. The Bertz CT molecular complexity index is 476. The Hall–Kier alpha value is -1.30. The topological polar surface area (TPSA) is 73.6 Å². The fraction of sp³-hybridized carbons (Fsp3) is 0.533. The number of ether oxygens (including phenoxy) is 2. The summed E-state index contributed by atoms with van der Waals surface area (Å²) in [7, 11) is 0. The van der Waals surface area contributed by atoms with Crippen LogP contribution in [0.3, 0.4) is 0 Å². The third-order valence-corrected chi connectivity index (χ3v) is 3.77. The highest BCUT2D eigenvalue weighted by Crippen LogP contribution is 2.26. The van der Waals surface area contributed by atoms with Crippen LogP contribution in [0.1, 0.15) is 18.4 Å². The van der Waals surface area contributed by atoms with E-state index in [0.29, 0.717) is 37.0 Å². The van der Waals surface area contributed by atoms with Crippen LogP contribution in [0.5, 0.6) is 5.75 Å². The number of hydrogen-bond acceptors (Lipinski definition) is 4. The van der Waals surface area contributed by atoms with Gasteiger partial charge in [0.2, 0.25) is 0 Å². The molecule has 1 heterocycles. The molecule has 21 heavy (non-hydrogen) atoms. The fourth-order valence-corrected chi connectivity index (χ4v) is 2.58.